The number of fused-ring (bicyclic) bond motifs is 3. The van der Waals surface area contributed by atoms with Crippen LogP contribution in [0.4, 0.5) is 10.5 Å². The van der Waals surface area contributed by atoms with E-state index in [0.29, 0.717) is 31.8 Å². The van der Waals surface area contributed by atoms with Crippen molar-refractivity contribution < 1.29 is 14.3 Å². The molecule has 2 aliphatic rings. The van der Waals surface area contributed by atoms with Gasteiger partial charge < -0.3 is 25.3 Å². The number of carbonyl (C=O) groups excluding carboxylic acids is 2. The van der Waals surface area contributed by atoms with Gasteiger partial charge in [0.15, 0.2) is 5.54 Å². The number of aromatic nitrogens is 1. The molecular formula is C31H33N5O3. The Labute approximate surface area is 227 Å². The zero-order chi connectivity index (χ0) is 27.0. The van der Waals surface area contributed by atoms with Crippen LogP contribution in [0.2, 0.25) is 0 Å². The summed E-state index contributed by atoms with van der Waals surface area (Å²) in [6.45, 7) is 2.42. The van der Waals surface area contributed by atoms with Crippen molar-refractivity contribution in [2.45, 2.75) is 31.3 Å². The summed E-state index contributed by atoms with van der Waals surface area (Å²) in [5.41, 5.74) is 8.44. The number of nitrogens with one attached hydrogen (secondary N) is 1. The number of nitrogens with two attached hydrogens (primary N) is 1. The predicted octanol–water partition coefficient (Wildman–Crippen LogP) is 5.20. The third-order valence-corrected chi connectivity index (χ3v) is 8.00. The molecule has 3 N–H and O–H groups in total. The number of hydrogen-bond donors (Lipinski definition) is 2. The number of benzene rings is 3. The lowest BCUT2D eigenvalue weighted by molar-refractivity contribution is -0.133. The summed E-state index contributed by atoms with van der Waals surface area (Å²) in [5, 5.41) is 1.05. The fraction of sp³-hybridized carbons (Fsp3) is 0.290. The molecule has 8 heteroatoms. The van der Waals surface area contributed by atoms with E-state index < -0.39 is 5.54 Å². The van der Waals surface area contributed by atoms with Crippen LogP contribution in [0.25, 0.3) is 10.9 Å². The van der Waals surface area contributed by atoms with Gasteiger partial charge in [-0.2, -0.15) is 0 Å². The molecule has 1 atom stereocenters. The van der Waals surface area contributed by atoms with Gasteiger partial charge in [0.1, 0.15) is 11.5 Å². The minimum absolute atomic E-state index is 0.188. The molecule has 0 saturated carbocycles. The van der Waals surface area contributed by atoms with Crippen LogP contribution in [-0.2, 0) is 16.9 Å². The molecule has 0 bridgehead atoms. The van der Waals surface area contributed by atoms with Gasteiger partial charge in [-0.25, -0.2) is 4.79 Å². The van der Waals surface area contributed by atoms with E-state index in [4.69, 9.17) is 10.5 Å². The van der Waals surface area contributed by atoms with Crippen LogP contribution in [0.3, 0.4) is 0 Å². The lowest BCUT2D eigenvalue weighted by atomic mass is 9.80. The first-order chi connectivity index (χ1) is 19.0. The van der Waals surface area contributed by atoms with Gasteiger partial charge in [0, 0.05) is 61.0 Å². The second-order valence-electron chi connectivity index (χ2n) is 10.3. The zero-order valence-electron chi connectivity index (χ0n) is 22.1. The van der Waals surface area contributed by atoms with Gasteiger partial charge in [0.2, 0.25) is 0 Å². The van der Waals surface area contributed by atoms with Crippen molar-refractivity contribution in [2.24, 2.45) is 5.73 Å². The van der Waals surface area contributed by atoms with Crippen LogP contribution < -0.4 is 15.4 Å². The Balaban J connectivity index is 1.43. The number of carbonyl (C=O) groups is 2. The molecule has 2 aliphatic heterocycles. The van der Waals surface area contributed by atoms with Crippen LogP contribution in [-0.4, -0.2) is 53.4 Å². The number of urea groups is 1. The summed E-state index contributed by atoms with van der Waals surface area (Å²) < 4.78 is 6.17. The van der Waals surface area contributed by atoms with Crippen molar-refractivity contribution >= 4 is 28.5 Å². The average molecular weight is 524 g/mol. The van der Waals surface area contributed by atoms with Gasteiger partial charge in [-0.1, -0.05) is 42.5 Å². The highest BCUT2D eigenvalue weighted by molar-refractivity contribution is 6.08. The van der Waals surface area contributed by atoms with Crippen molar-refractivity contribution in [2.75, 3.05) is 31.6 Å². The Morgan fingerprint density at radius 2 is 1.77 bits per heavy atom. The molecular weight excluding hydrogens is 490 g/mol. The summed E-state index contributed by atoms with van der Waals surface area (Å²) in [7, 11) is 1.59. The number of hydrogen-bond acceptors (Lipinski definition) is 5. The number of likely N-dealkylation sites (N-methyl/N-ethyl adjacent to an activating group) is 1. The van der Waals surface area contributed by atoms with Crippen molar-refractivity contribution in [1.29, 1.82) is 0 Å². The number of unbranched alkanes of at least 4 members (excludes halogenated alkanes) is 1. The van der Waals surface area contributed by atoms with Crippen LogP contribution >= 0.6 is 0 Å². The summed E-state index contributed by atoms with van der Waals surface area (Å²) in [4.78, 5) is 36.3. The number of anilines is 1. The van der Waals surface area contributed by atoms with Crippen molar-refractivity contribution in [1.82, 2.24) is 14.8 Å². The number of para-hydroxylation sites is 2. The Morgan fingerprint density at radius 3 is 2.59 bits per heavy atom. The van der Waals surface area contributed by atoms with Gasteiger partial charge in [-0.3, -0.25) is 9.69 Å². The number of ether oxygens (including phenoxy) is 1. The Kier molecular flexibility index (Phi) is 6.48. The molecule has 3 aromatic carbocycles. The quantitative estimate of drug-likeness (QED) is 0.245. The number of amides is 3. The first kappa shape index (κ1) is 25.0. The number of nitrogens with zero attached hydrogens (tertiary/aromatic N) is 3. The topological polar surface area (TPSA) is 94.9 Å². The van der Waals surface area contributed by atoms with E-state index in [2.05, 4.69) is 9.88 Å². The molecule has 6 rings (SSSR count). The smallest absolute Gasteiger partial charge is 0.327 e. The fourth-order valence-electron chi connectivity index (χ4n) is 6.00. The molecule has 1 spiro atoms. The Bertz CT molecular complexity index is 1520. The number of H-pyrrole nitrogens is 1. The lowest BCUT2D eigenvalue weighted by Gasteiger charge is -2.44. The van der Waals surface area contributed by atoms with E-state index in [-0.39, 0.29) is 11.9 Å². The van der Waals surface area contributed by atoms with E-state index in [9.17, 15) is 9.59 Å². The average Bonchev–Trinajstić information content (AvgIpc) is 3.45. The molecule has 1 fully saturated rings. The molecule has 39 heavy (non-hydrogen) atoms. The fourth-order valence-corrected chi connectivity index (χ4v) is 6.00. The van der Waals surface area contributed by atoms with E-state index in [1.807, 2.05) is 79.0 Å². The molecule has 1 saturated heterocycles. The van der Waals surface area contributed by atoms with E-state index >= 15 is 0 Å². The van der Waals surface area contributed by atoms with Crippen molar-refractivity contribution in [3.63, 3.8) is 0 Å². The number of imide groups is 1. The lowest BCUT2D eigenvalue weighted by Crippen LogP contribution is -2.52. The second-order valence-corrected chi connectivity index (χ2v) is 10.3. The van der Waals surface area contributed by atoms with Crippen molar-refractivity contribution in [3.8, 4) is 11.5 Å². The van der Waals surface area contributed by atoms with Gasteiger partial charge in [-0.15, -0.1) is 0 Å². The molecule has 0 aliphatic carbocycles. The van der Waals surface area contributed by atoms with Crippen molar-refractivity contribution in [3.05, 3.63) is 90.1 Å². The largest absolute Gasteiger partial charge is 0.457 e. The monoisotopic (exact) mass is 523 g/mol. The van der Waals surface area contributed by atoms with Crippen LogP contribution in [0.1, 0.15) is 30.4 Å². The number of aromatic amines is 1. The molecule has 1 unspecified atom stereocenters. The normalized spacial score (nSPS) is 18.9. The zero-order valence-corrected chi connectivity index (χ0v) is 22.1. The van der Waals surface area contributed by atoms with Gasteiger partial charge in [-0.05, 0) is 49.2 Å². The highest BCUT2D eigenvalue weighted by Gasteiger charge is 2.59. The third kappa shape index (κ3) is 4.21. The Hall–Kier alpha value is -4.30. The SMILES string of the molecule is CN1C(=O)N(Cc2c[nH]c3ccccc23)C2(CCN(CCCCN)c3cc(Oc4ccccc4)ccc32)C1=O. The van der Waals surface area contributed by atoms with E-state index in [1.165, 1.54) is 4.90 Å². The molecule has 200 valence electrons. The first-order valence-electron chi connectivity index (χ1n) is 13.5. The summed E-state index contributed by atoms with van der Waals surface area (Å²) in [6, 6.07) is 23.3. The van der Waals surface area contributed by atoms with E-state index in [1.54, 1.807) is 11.9 Å². The molecule has 3 heterocycles. The summed E-state index contributed by atoms with van der Waals surface area (Å²) >= 11 is 0. The molecule has 0 radical (unpaired) electrons. The van der Waals surface area contributed by atoms with Crippen LogP contribution in [0.15, 0.2) is 79.0 Å². The third-order valence-electron chi connectivity index (χ3n) is 8.00. The molecule has 8 nitrogen and oxygen atoms in total. The highest BCUT2D eigenvalue weighted by atomic mass is 16.5. The maximum atomic E-state index is 14.0. The van der Waals surface area contributed by atoms with Gasteiger partial charge in [0.25, 0.3) is 5.91 Å². The van der Waals surface area contributed by atoms with Crippen LogP contribution in [0, 0.1) is 0 Å². The van der Waals surface area contributed by atoms with E-state index in [0.717, 1.165) is 52.9 Å². The van der Waals surface area contributed by atoms with Gasteiger partial charge >= 0.3 is 6.03 Å². The maximum Gasteiger partial charge on any atom is 0.327 e. The standard InChI is InChI=1S/C31H33N5O3/c1-34-29(37)31(36(30(34)38)21-22-20-33-27-12-6-5-11-25(22)27)15-18-35(17-8-7-16-32)28-19-24(13-14-26(28)31)39-23-9-3-2-4-10-23/h2-6,9-14,19-20,33H,7-8,15-18,21,32H2,1H3. The molecule has 3 amide bonds. The summed E-state index contributed by atoms with van der Waals surface area (Å²) in [6.07, 6.45) is 4.31. The maximum absolute atomic E-state index is 14.0. The minimum Gasteiger partial charge on any atom is -0.457 e. The predicted molar refractivity (Wildman–Crippen MR) is 152 cm³/mol. The van der Waals surface area contributed by atoms with Gasteiger partial charge in [0.05, 0.1) is 6.54 Å². The Morgan fingerprint density at radius 1 is 0.974 bits per heavy atom. The molecule has 1 aromatic heterocycles. The number of rotatable bonds is 8. The minimum atomic E-state index is -1.09. The second kappa shape index (κ2) is 10.1. The first-order valence-corrected chi connectivity index (χ1v) is 13.5. The summed E-state index contributed by atoms with van der Waals surface area (Å²) in [5.74, 6) is 1.24. The highest BCUT2D eigenvalue weighted by Crippen LogP contribution is 2.49. The van der Waals surface area contributed by atoms with Crippen LogP contribution in [0.5, 0.6) is 11.5 Å². The molecule has 4 aromatic rings.